The number of para-hydroxylation sites is 1. The van der Waals surface area contributed by atoms with E-state index < -0.39 is 11.9 Å². The lowest BCUT2D eigenvalue weighted by atomic mass is 9.93. The molecule has 26 heavy (non-hydrogen) atoms. The molecule has 2 amide bonds. The van der Waals surface area contributed by atoms with Crippen LogP contribution in [0.15, 0.2) is 35.4 Å². The first-order valence-corrected chi connectivity index (χ1v) is 9.01. The number of nitrogens with zero attached hydrogens (tertiary/aromatic N) is 2. The van der Waals surface area contributed by atoms with Crippen LogP contribution >= 0.6 is 0 Å². The second kappa shape index (κ2) is 7.68. The van der Waals surface area contributed by atoms with Crippen LogP contribution < -0.4 is 10.7 Å². The van der Waals surface area contributed by atoms with Crippen LogP contribution in [0, 0.1) is 10.8 Å². The van der Waals surface area contributed by atoms with Crippen molar-refractivity contribution >= 4 is 29.4 Å². The van der Waals surface area contributed by atoms with Crippen LogP contribution in [0.25, 0.3) is 0 Å². The molecule has 7 heteroatoms. The van der Waals surface area contributed by atoms with E-state index in [0.29, 0.717) is 5.41 Å². The Bertz CT molecular complexity index is 702. The van der Waals surface area contributed by atoms with Gasteiger partial charge in [0, 0.05) is 13.1 Å². The lowest BCUT2D eigenvalue weighted by Crippen LogP contribution is -2.50. The molecule has 1 aliphatic heterocycles. The maximum absolute atomic E-state index is 12.5. The number of anilines is 1. The number of carbonyl (C=O) groups is 2. The zero-order valence-corrected chi connectivity index (χ0v) is 15.0. The van der Waals surface area contributed by atoms with E-state index in [4.69, 9.17) is 5.41 Å². The molecule has 1 saturated heterocycles. The van der Waals surface area contributed by atoms with Gasteiger partial charge in [-0.25, -0.2) is 0 Å². The third-order valence-electron chi connectivity index (χ3n) is 5.22. The van der Waals surface area contributed by atoms with Crippen molar-refractivity contribution in [3.8, 4) is 0 Å². The molecule has 1 aromatic carbocycles. The molecular formula is C19H25N5O2. The molecule has 0 bridgehead atoms. The molecule has 138 valence electrons. The number of piperidine rings is 1. The van der Waals surface area contributed by atoms with Gasteiger partial charge in [0.05, 0.1) is 11.9 Å². The number of nitrogens with one attached hydrogen (secondary N) is 3. The second-order valence-corrected chi connectivity index (χ2v) is 7.17. The average molecular weight is 355 g/mol. The van der Waals surface area contributed by atoms with Crippen LogP contribution in [-0.2, 0) is 9.59 Å². The van der Waals surface area contributed by atoms with E-state index in [9.17, 15) is 9.59 Å². The summed E-state index contributed by atoms with van der Waals surface area (Å²) in [6, 6.07) is 8.60. The van der Waals surface area contributed by atoms with Crippen molar-refractivity contribution in [1.29, 1.82) is 5.41 Å². The molecule has 1 aromatic rings. The minimum Gasteiger partial charge on any atom is -0.341 e. The van der Waals surface area contributed by atoms with E-state index in [-0.39, 0.29) is 11.6 Å². The fourth-order valence-corrected chi connectivity index (χ4v) is 3.23. The fourth-order valence-electron chi connectivity index (χ4n) is 3.23. The number of likely N-dealkylation sites (tertiary alicyclic amines) is 1. The number of rotatable bonds is 6. The first-order valence-electron chi connectivity index (χ1n) is 9.01. The summed E-state index contributed by atoms with van der Waals surface area (Å²) in [5.74, 6) is -0.693. The molecule has 7 nitrogen and oxygen atoms in total. The summed E-state index contributed by atoms with van der Waals surface area (Å²) < 4.78 is 0. The van der Waals surface area contributed by atoms with Crippen molar-refractivity contribution in [3.05, 3.63) is 30.3 Å². The van der Waals surface area contributed by atoms with Crippen LogP contribution in [0.4, 0.5) is 5.69 Å². The van der Waals surface area contributed by atoms with Gasteiger partial charge >= 0.3 is 0 Å². The van der Waals surface area contributed by atoms with E-state index in [1.54, 1.807) is 6.92 Å². The highest BCUT2D eigenvalue weighted by atomic mass is 16.2. The monoisotopic (exact) mass is 355 g/mol. The van der Waals surface area contributed by atoms with Crippen LogP contribution in [0.1, 0.15) is 32.6 Å². The first-order chi connectivity index (χ1) is 12.5. The molecule has 1 unspecified atom stereocenters. The third kappa shape index (κ3) is 4.47. The number of carbonyl (C=O) groups excluding carboxylic acids is 2. The third-order valence-corrected chi connectivity index (χ3v) is 5.22. The molecule has 0 aromatic heterocycles. The molecule has 1 aliphatic carbocycles. The second-order valence-electron chi connectivity index (χ2n) is 7.17. The summed E-state index contributed by atoms with van der Waals surface area (Å²) in [5.41, 5.74) is 3.71. The largest absolute Gasteiger partial charge is 0.341 e. The Kier molecular flexibility index (Phi) is 5.35. The predicted molar refractivity (Wildman–Crippen MR) is 101 cm³/mol. The number of amides is 2. The van der Waals surface area contributed by atoms with Crippen molar-refractivity contribution in [1.82, 2.24) is 10.2 Å². The predicted octanol–water partition coefficient (Wildman–Crippen LogP) is 2.01. The van der Waals surface area contributed by atoms with Gasteiger partial charge in [-0.1, -0.05) is 18.2 Å². The van der Waals surface area contributed by atoms with Crippen LogP contribution in [0.5, 0.6) is 0 Å². The van der Waals surface area contributed by atoms with E-state index in [0.717, 1.165) is 37.8 Å². The van der Waals surface area contributed by atoms with Crippen molar-refractivity contribution in [2.75, 3.05) is 18.5 Å². The van der Waals surface area contributed by atoms with Gasteiger partial charge in [0.25, 0.3) is 5.91 Å². The van der Waals surface area contributed by atoms with Crippen molar-refractivity contribution in [2.45, 2.75) is 38.6 Å². The minimum atomic E-state index is -0.647. The van der Waals surface area contributed by atoms with E-state index >= 15 is 0 Å². The zero-order valence-electron chi connectivity index (χ0n) is 15.0. The topological polar surface area (TPSA) is 97.6 Å². The van der Waals surface area contributed by atoms with Crippen molar-refractivity contribution in [3.63, 3.8) is 0 Å². The molecule has 1 atom stereocenters. The Labute approximate surface area is 153 Å². The van der Waals surface area contributed by atoms with Gasteiger partial charge in [0.1, 0.15) is 11.8 Å². The molecular weight excluding hydrogens is 330 g/mol. The number of hydrogen-bond donors (Lipinski definition) is 3. The molecule has 1 heterocycles. The molecule has 3 rings (SSSR count). The quantitative estimate of drug-likeness (QED) is 0.538. The molecule has 1 spiro atoms. The van der Waals surface area contributed by atoms with Gasteiger partial charge in [0.2, 0.25) is 5.91 Å². The van der Waals surface area contributed by atoms with Gasteiger partial charge in [-0.05, 0) is 50.2 Å². The lowest BCUT2D eigenvalue weighted by molar-refractivity contribution is -0.136. The molecule has 3 N–H and O–H groups in total. The molecule has 2 aliphatic rings. The first kappa shape index (κ1) is 18.1. The highest BCUT2D eigenvalue weighted by molar-refractivity contribution is 6.59. The SMILES string of the molecule is CC(NC(=O)C(=N)/C=N\Nc1ccccc1)C(=O)N1CCC2(CC1)CC2. The molecule has 2 fully saturated rings. The Morgan fingerprint density at radius 1 is 1.19 bits per heavy atom. The van der Waals surface area contributed by atoms with Gasteiger partial charge < -0.3 is 10.2 Å². The van der Waals surface area contributed by atoms with Gasteiger partial charge in [-0.15, -0.1) is 0 Å². The van der Waals surface area contributed by atoms with E-state index in [2.05, 4.69) is 15.8 Å². The zero-order chi connectivity index (χ0) is 18.6. The molecule has 1 saturated carbocycles. The van der Waals surface area contributed by atoms with Crippen LogP contribution in [0.3, 0.4) is 0 Å². The van der Waals surface area contributed by atoms with Gasteiger partial charge in [-0.2, -0.15) is 5.10 Å². The highest BCUT2D eigenvalue weighted by Gasteiger charge is 2.45. The van der Waals surface area contributed by atoms with Crippen molar-refractivity contribution in [2.24, 2.45) is 10.5 Å². The van der Waals surface area contributed by atoms with Gasteiger partial charge in [0.15, 0.2) is 0 Å². The normalized spacial score (nSPS) is 19.2. The lowest BCUT2D eigenvalue weighted by Gasteiger charge is -2.33. The summed E-state index contributed by atoms with van der Waals surface area (Å²) in [7, 11) is 0. The molecule has 0 radical (unpaired) electrons. The van der Waals surface area contributed by atoms with E-state index in [1.165, 1.54) is 12.8 Å². The maximum Gasteiger partial charge on any atom is 0.271 e. The Balaban J connectivity index is 1.44. The Hall–Kier alpha value is -2.70. The fraction of sp³-hybridized carbons (Fsp3) is 0.474. The summed E-state index contributed by atoms with van der Waals surface area (Å²) in [6.45, 7) is 3.19. The minimum absolute atomic E-state index is 0.0824. The number of benzene rings is 1. The summed E-state index contributed by atoms with van der Waals surface area (Å²) >= 11 is 0. The summed E-state index contributed by atoms with van der Waals surface area (Å²) in [6.07, 6.45) is 5.83. The van der Waals surface area contributed by atoms with Crippen molar-refractivity contribution < 1.29 is 9.59 Å². The Morgan fingerprint density at radius 3 is 2.46 bits per heavy atom. The highest BCUT2D eigenvalue weighted by Crippen LogP contribution is 2.53. The number of hydrazone groups is 1. The smallest absolute Gasteiger partial charge is 0.271 e. The Morgan fingerprint density at radius 2 is 1.85 bits per heavy atom. The average Bonchev–Trinajstić information content (AvgIpc) is 3.41. The standard InChI is InChI=1S/C19H25N5O2/c1-14(18(26)24-11-9-19(7-8-19)10-12-24)22-17(25)16(20)13-21-23-15-5-3-2-4-6-15/h2-6,13-14,20,23H,7-12H2,1H3,(H,22,25)/b20-16?,21-13-. The summed E-state index contributed by atoms with van der Waals surface area (Å²) in [4.78, 5) is 26.4. The number of hydrogen-bond acceptors (Lipinski definition) is 5. The summed E-state index contributed by atoms with van der Waals surface area (Å²) in [5, 5.41) is 14.2. The van der Waals surface area contributed by atoms with Crippen LogP contribution in [-0.4, -0.2) is 47.8 Å². The van der Waals surface area contributed by atoms with E-state index in [1.807, 2.05) is 35.2 Å². The van der Waals surface area contributed by atoms with Crippen LogP contribution in [0.2, 0.25) is 0 Å². The maximum atomic E-state index is 12.5. The van der Waals surface area contributed by atoms with Gasteiger partial charge in [-0.3, -0.25) is 20.4 Å².